The van der Waals surface area contributed by atoms with Crippen LogP contribution in [0.25, 0.3) is 0 Å². The van der Waals surface area contributed by atoms with Crippen LogP contribution >= 0.6 is 0 Å². The highest BCUT2D eigenvalue weighted by Crippen LogP contribution is 2.33. The minimum Gasteiger partial charge on any atom is -0.493 e. The van der Waals surface area contributed by atoms with Crippen LogP contribution in [-0.4, -0.2) is 15.5 Å². The zero-order valence-corrected chi connectivity index (χ0v) is 17.3. The fourth-order valence-corrected chi connectivity index (χ4v) is 4.51. The summed E-state index contributed by atoms with van der Waals surface area (Å²) in [5, 5.41) is 9.21. The number of benzene rings is 3. The minimum atomic E-state index is -3.77. The topological polar surface area (TPSA) is 76.4 Å². The van der Waals surface area contributed by atoms with Gasteiger partial charge in [0.15, 0.2) is 11.5 Å². The molecule has 0 aliphatic rings. The van der Waals surface area contributed by atoms with Crippen LogP contribution in [-0.2, 0) is 16.4 Å². The maximum absolute atomic E-state index is 13.1. The van der Waals surface area contributed by atoms with Crippen molar-refractivity contribution in [2.45, 2.75) is 30.2 Å². The predicted octanol–water partition coefficient (Wildman–Crippen LogP) is 4.60. The van der Waals surface area contributed by atoms with Crippen molar-refractivity contribution in [3.63, 3.8) is 0 Å². The van der Waals surface area contributed by atoms with Crippen molar-refractivity contribution in [2.24, 2.45) is 0 Å². The molecule has 0 N–H and O–H groups in total. The van der Waals surface area contributed by atoms with Gasteiger partial charge in [-0.15, -0.1) is 0 Å². The van der Waals surface area contributed by atoms with Crippen molar-refractivity contribution < 1.29 is 17.9 Å². The monoisotopic (exact) mass is 407 g/mol. The lowest BCUT2D eigenvalue weighted by atomic mass is 10.0. The van der Waals surface area contributed by atoms with Crippen molar-refractivity contribution in [1.29, 1.82) is 5.26 Å². The third-order valence-corrected chi connectivity index (χ3v) is 6.34. The number of rotatable bonds is 6. The van der Waals surface area contributed by atoms with Crippen molar-refractivity contribution in [3.8, 4) is 17.6 Å². The van der Waals surface area contributed by atoms with Gasteiger partial charge < -0.3 is 9.47 Å². The first-order valence-corrected chi connectivity index (χ1v) is 10.5. The predicted molar refractivity (Wildman–Crippen MR) is 110 cm³/mol. The lowest BCUT2D eigenvalue weighted by Gasteiger charge is -2.13. The molecular weight excluding hydrogens is 386 g/mol. The largest absolute Gasteiger partial charge is 0.493 e. The summed E-state index contributed by atoms with van der Waals surface area (Å²) >= 11 is 0. The Bertz CT molecular complexity index is 1160. The highest BCUT2D eigenvalue weighted by Gasteiger charge is 2.22. The van der Waals surface area contributed by atoms with Crippen LogP contribution < -0.4 is 9.47 Å². The first kappa shape index (κ1) is 20.4. The molecular formula is C23H21NO4S. The third kappa shape index (κ3) is 4.25. The second-order valence-electron chi connectivity index (χ2n) is 6.63. The molecule has 0 fully saturated rings. The molecule has 0 atom stereocenters. The molecule has 0 bridgehead atoms. The molecule has 0 heterocycles. The second kappa shape index (κ2) is 8.38. The molecule has 0 unspecified atom stereocenters. The zero-order chi connectivity index (χ0) is 21.0. The molecule has 3 aromatic carbocycles. The van der Waals surface area contributed by atoms with E-state index in [1.165, 1.54) is 31.4 Å². The van der Waals surface area contributed by atoms with Crippen LogP contribution in [0.15, 0.2) is 70.5 Å². The van der Waals surface area contributed by atoms with Crippen LogP contribution in [0.5, 0.6) is 11.5 Å². The molecule has 0 aliphatic carbocycles. The van der Waals surface area contributed by atoms with Crippen molar-refractivity contribution in [1.82, 2.24) is 0 Å². The Balaban J connectivity index is 1.94. The fraction of sp³-hybridized carbons (Fsp3) is 0.174. The Morgan fingerprint density at radius 2 is 1.55 bits per heavy atom. The molecule has 0 aromatic heterocycles. The van der Waals surface area contributed by atoms with Crippen LogP contribution in [0, 0.1) is 25.2 Å². The van der Waals surface area contributed by atoms with Crippen molar-refractivity contribution in [2.75, 3.05) is 7.11 Å². The van der Waals surface area contributed by atoms with E-state index in [1.807, 2.05) is 30.3 Å². The molecule has 0 aliphatic heterocycles. The van der Waals surface area contributed by atoms with Gasteiger partial charge in [-0.3, -0.25) is 0 Å². The Hall–Kier alpha value is -3.30. The van der Waals surface area contributed by atoms with E-state index in [1.54, 1.807) is 19.9 Å². The first-order valence-electron chi connectivity index (χ1n) is 8.98. The summed E-state index contributed by atoms with van der Waals surface area (Å²) in [5.74, 6) is 0.798. The highest BCUT2D eigenvalue weighted by atomic mass is 32.2. The Kier molecular flexibility index (Phi) is 5.90. The number of aryl methyl sites for hydroxylation is 2. The summed E-state index contributed by atoms with van der Waals surface area (Å²) in [4.78, 5) is 0.247. The summed E-state index contributed by atoms with van der Waals surface area (Å²) in [5.41, 5.74) is 2.74. The average molecular weight is 407 g/mol. The van der Waals surface area contributed by atoms with Gasteiger partial charge in [-0.2, -0.15) is 5.26 Å². The summed E-state index contributed by atoms with van der Waals surface area (Å²) in [7, 11) is -2.30. The van der Waals surface area contributed by atoms with Crippen molar-refractivity contribution in [3.05, 3.63) is 82.9 Å². The van der Waals surface area contributed by atoms with Crippen molar-refractivity contribution >= 4 is 9.84 Å². The number of nitriles is 1. The van der Waals surface area contributed by atoms with Gasteiger partial charge in [0.05, 0.1) is 28.5 Å². The van der Waals surface area contributed by atoms with Gasteiger partial charge in [0.2, 0.25) is 9.84 Å². The number of ether oxygens (including phenoxy) is 2. The Morgan fingerprint density at radius 1 is 0.897 bits per heavy atom. The molecule has 0 saturated carbocycles. The number of nitrogens with zero attached hydrogens (tertiary/aromatic N) is 1. The average Bonchev–Trinajstić information content (AvgIpc) is 2.72. The molecule has 0 spiro atoms. The molecule has 3 aromatic rings. The second-order valence-corrected chi connectivity index (χ2v) is 8.58. The van der Waals surface area contributed by atoms with E-state index in [0.29, 0.717) is 34.8 Å². The quantitative estimate of drug-likeness (QED) is 0.597. The standard InChI is InChI=1S/C23H21NO4S/c1-16-11-20(12-17(2)21(16)14-24)29(25,26)19-9-10-22(23(13-19)27-3)28-15-18-7-5-4-6-8-18/h4-13H,15H2,1-3H3. The van der Waals surface area contributed by atoms with Gasteiger partial charge in [-0.1, -0.05) is 30.3 Å². The van der Waals surface area contributed by atoms with E-state index in [-0.39, 0.29) is 9.79 Å². The minimum absolute atomic E-state index is 0.102. The number of sulfone groups is 1. The van der Waals surface area contributed by atoms with Gasteiger partial charge in [0.1, 0.15) is 6.61 Å². The molecule has 29 heavy (non-hydrogen) atoms. The van der Waals surface area contributed by atoms with E-state index < -0.39 is 9.84 Å². The van der Waals surface area contributed by atoms with Gasteiger partial charge in [0, 0.05) is 6.07 Å². The van der Waals surface area contributed by atoms with Gasteiger partial charge in [-0.05, 0) is 54.8 Å². The van der Waals surface area contributed by atoms with E-state index in [9.17, 15) is 13.7 Å². The van der Waals surface area contributed by atoms with Gasteiger partial charge in [-0.25, -0.2) is 8.42 Å². The molecule has 148 valence electrons. The third-order valence-electron chi connectivity index (χ3n) is 4.61. The summed E-state index contributed by atoms with van der Waals surface area (Å²) in [6.45, 7) is 3.80. The summed E-state index contributed by atoms with van der Waals surface area (Å²) in [6, 6.07) is 19.4. The SMILES string of the molecule is COc1cc(S(=O)(=O)c2cc(C)c(C#N)c(C)c2)ccc1OCc1ccccc1. The maximum atomic E-state index is 13.1. The van der Waals surface area contributed by atoms with E-state index >= 15 is 0 Å². The molecule has 3 rings (SSSR count). The van der Waals surface area contributed by atoms with E-state index in [4.69, 9.17) is 9.47 Å². The normalized spacial score (nSPS) is 11.0. The van der Waals surface area contributed by atoms with E-state index in [2.05, 4.69) is 6.07 Å². The van der Waals surface area contributed by atoms with Crippen LogP contribution in [0.4, 0.5) is 0 Å². The van der Waals surface area contributed by atoms with Gasteiger partial charge >= 0.3 is 0 Å². The fourth-order valence-electron chi connectivity index (χ4n) is 3.06. The number of hydrogen-bond acceptors (Lipinski definition) is 5. The molecule has 0 saturated heterocycles. The van der Waals surface area contributed by atoms with E-state index in [0.717, 1.165) is 5.56 Å². The number of methoxy groups -OCH3 is 1. The molecule has 0 amide bonds. The summed E-state index contributed by atoms with van der Waals surface area (Å²) < 4.78 is 37.4. The first-order chi connectivity index (χ1) is 13.9. The number of hydrogen-bond donors (Lipinski definition) is 0. The van der Waals surface area contributed by atoms with Crippen LogP contribution in [0.3, 0.4) is 0 Å². The smallest absolute Gasteiger partial charge is 0.206 e. The Morgan fingerprint density at radius 3 is 2.14 bits per heavy atom. The van der Waals surface area contributed by atoms with Crippen LogP contribution in [0.2, 0.25) is 0 Å². The Labute approximate surface area is 171 Å². The molecule has 6 heteroatoms. The molecule has 0 radical (unpaired) electrons. The lowest BCUT2D eigenvalue weighted by Crippen LogP contribution is -2.05. The zero-order valence-electron chi connectivity index (χ0n) is 16.5. The highest BCUT2D eigenvalue weighted by molar-refractivity contribution is 7.91. The maximum Gasteiger partial charge on any atom is 0.206 e. The lowest BCUT2D eigenvalue weighted by molar-refractivity contribution is 0.284. The molecule has 5 nitrogen and oxygen atoms in total. The van der Waals surface area contributed by atoms with Crippen LogP contribution in [0.1, 0.15) is 22.3 Å². The summed E-state index contributed by atoms with van der Waals surface area (Å²) in [6.07, 6.45) is 0. The van der Waals surface area contributed by atoms with Gasteiger partial charge in [0.25, 0.3) is 0 Å².